The maximum atomic E-state index is 4.89. The van der Waals surface area contributed by atoms with E-state index < -0.39 is 0 Å². The number of hydrogen-bond acceptors (Lipinski definition) is 3. The monoisotopic (exact) mass is 429 g/mol. The van der Waals surface area contributed by atoms with Crippen molar-refractivity contribution in [3.05, 3.63) is 88.5 Å². The molecule has 0 unspecified atom stereocenters. The van der Waals surface area contributed by atoms with E-state index in [0.717, 1.165) is 38.0 Å². The van der Waals surface area contributed by atoms with Crippen molar-refractivity contribution < 1.29 is 0 Å². The van der Waals surface area contributed by atoms with Gasteiger partial charge >= 0.3 is 0 Å². The quantitative estimate of drug-likeness (QED) is 0.381. The molecule has 3 nitrogen and oxygen atoms in total. The van der Waals surface area contributed by atoms with E-state index in [4.69, 9.17) is 9.97 Å². The van der Waals surface area contributed by atoms with Gasteiger partial charge in [-0.2, -0.15) is 0 Å². The fourth-order valence-electron chi connectivity index (χ4n) is 3.02. The maximum absolute atomic E-state index is 4.89. The predicted octanol–water partition coefficient (Wildman–Crippen LogP) is 6.30. The lowest BCUT2D eigenvalue weighted by Crippen LogP contribution is -2.07. The maximum Gasteiger partial charge on any atom is 0.0966 e. The van der Waals surface area contributed by atoms with Crippen LogP contribution in [0.4, 0.5) is 5.69 Å². The van der Waals surface area contributed by atoms with Gasteiger partial charge < -0.3 is 4.90 Å². The molecule has 0 N–H and O–H groups in total. The third kappa shape index (κ3) is 3.97. The number of fused-ring (bicyclic) bond motifs is 1. The number of hydrogen-bond donors (Lipinski definition) is 0. The third-order valence-electron chi connectivity index (χ3n) is 4.54. The van der Waals surface area contributed by atoms with Crippen LogP contribution >= 0.6 is 15.9 Å². The second-order valence-electron chi connectivity index (χ2n) is 6.78. The molecule has 0 fully saturated rings. The minimum absolute atomic E-state index is 0.855. The van der Waals surface area contributed by atoms with Crippen LogP contribution in [-0.4, -0.2) is 24.1 Å². The van der Waals surface area contributed by atoms with Crippen molar-refractivity contribution in [1.29, 1.82) is 0 Å². The van der Waals surface area contributed by atoms with Crippen LogP contribution in [0.2, 0.25) is 0 Å². The van der Waals surface area contributed by atoms with Gasteiger partial charge in [-0.3, -0.25) is 0 Å². The number of rotatable bonds is 4. The molecule has 4 aromatic rings. The molecule has 3 aromatic carbocycles. The highest BCUT2D eigenvalue weighted by Crippen LogP contribution is 2.26. The smallest absolute Gasteiger partial charge is 0.0966 e. The summed E-state index contributed by atoms with van der Waals surface area (Å²) in [6, 6.07) is 24.6. The summed E-state index contributed by atoms with van der Waals surface area (Å²) in [6.07, 6.45) is 4.13. The molecule has 4 heteroatoms. The first kappa shape index (κ1) is 18.4. The highest BCUT2D eigenvalue weighted by atomic mass is 79.9. The van der Waals surface area contributed by atoms with E-state index in [2.05, 4.69) is 63.3 Å². The average molecular weight is 430 g/mol. The molecule has 0 aliphatic rings. The van der Waals surface area contributed by atoms with Crippen molar-refractivity contribution >= 4 is 44.8 Å². The lowest BCUT2D eigenvalue weighted by Gasteiger charge is -2.11. The van der Waals surface area contributed by atoms with Crippen LogP contribution < -0.4 is 4.90 Å². The first-order valence-electron chi connectivity index (χ1n) is 9.08. The van der Waals surface area contributed by atoms with Gasteiger partial charge in [0.1, 0.15) is 0 Å². The molecular weight excluding hydrogens is 410 g/mol. The van der Waals surface area contributed by atoms with Crippen molar-refractivity contribution in [2.24, 2.45) is 0 Å². The average Bonchev–Trinajstić information content (AvgIpc) is 2.72. The van der Waals surface area contributed by atoms with Crippen LogP contribution in [0.5, 0.6) is 0 Å². The summed E-state index contributed by atoms with van der Waals surface area (Å²) in [7, 11) is 4.08. The Balaban J connectivity index is 1.79. The fraction of sp³-hybridized carbons (Fsp3) is 0.0833. The summed E-state index contributed by atoms with van der Waals surface area (Å²) >= 11 is 3.52. The van der Waals surface area contributed by atoms with Gasteiger partial charge in [-0.05, 0) is 42.0 Å². The molecule has 0 aliphatic heterocycles. The molecule has 0 amide bonds. The minimum Gasteiger partial charge on any atom is -0.378 e. The van der Waals surface area contributed by atoms with E-state index in [1.165, 1.54) is 5.69 Å². The third-order valence-corrected chi connectivity index (χ3v) is 5.04. The molecule has 1 aromatic heterocycles. The molecule has 1 heterocycles. The molecule has 138 valence electrons. The molecule has 0 saturated carbocycles. The number of benzene rings is 3. The standard InChI is InChI=1S/C24H20BrN3/c1-28(2)20-12-8-17(9-13-20)10-14-22-24(18-6-4-3-5-7-18)27-21-15-11-19(25)16-23(21)26-22/h3-16H,1-2H3/b14-10+. The first-order chi connectivity index (χ1) is 13.6. The van der Waals surface area contributed by atoms with E-state index in [1.54, 1.807) is 0 Å². The Morgan fingerprint density at radius 1 is 0.786 bits per heavy atom. The Morgan fingerprint density at radius 3 is 2.25 bits per heavy atom. The van der Waals surface area contributed by atoms with Crippen LogP contribution in [0.25, 0.3) is 34.4 Å². The normalized spacial score (nSPS) is 11.2. The van der Waals surface area contributed by atoms with Crippen LogP contribution in [0.15, 0.2) is 77.3 Å². The summed E-state index contributed by atoms with van der Waals surface area (Å²) in [5.74, 6) is 0. The van der Waals surface area contributed by atoms with Crippen LogP contribution in [0.3, 0.4) is 0 Å². The minimum atomic E-state index is 0.855. The second kappa shape index (κ2) is 7.95. The summed E-state index contributed by atoms with van der Waals surface area (Å²) in [5, 5.41) is 0. The van der Waals surface area contributed by atoms with Crippen molar-refractivity contribution in [3.8, 4) is 11.3 Å². The Morgan fingerprint density at radius 2 is 1.54 bits per heavy atom. The molecule has 0 aliphatic carbocycles. The van der Waals surface area contributed by atoms with Crippen molar-refractivity contribution in [3.63, 3.8) is 0 Å². The van der Waals surface area contributed by atoms with Crippen LogP contribution in [-0.2, 0) is 0 Å². The van der Waals surface area contributed by atoms with E-state index in [0.29, 0.717) is 0 Å². The number of anilines is 1. The fourth-order valence-corrected chi connectivity index (χ4v) is 3.37. The van der Waals surface area contributed by atoms with Gasteiger partial charge in [-0.1, -0.05) is 64.5 Å². The van der Waals surface area contributed by atoms with Gasteiger partial charge in [-0.15, -0.1) is 0 Å². The zero-order chi connectivity index (χ0) is 19.5. The largest absolute Gasteiger partial charge is 0.378 e. The molecule has 0 bridgehead atoms. The van der Waals surface area contributed by atoms with Crippen molar-refractivity contribution in [1.82, 2.24) is 9.97 Å². The Hall–Kier alpha value is -2.98. The molecule has 0 radical (unpaired) electrons. The summed E-state index contributed by atoms with van der Waals surface area (Å²) in [6.45, 7) is 0. The van der Waals surface area contributed by atoms with E-state index in [9.17, 15) is 0 Å². The van der Waals surface area contributed by atoms with E-state index >= 15 is 0 Å². The molecule has 28 heavy (non-hydrogen) atoms. The molecule has 0 saturated heterocycles. The number of halogens is 1. The number of aromatic nitrogens is 2. The Kier molecular flexibility index (Phi) is 5.22. The lowest BCUT2D eigenvalue weighted by molar-refractivity contribution is 1.13. The zero-order valence-corrected chi connectivity index (χ0v) is 17.4. The van der Waals surface area contributed by atoms with Gasteiger partial charge in [0.2, 0.25) is 0 Å². The van der Waals surface area contributed by atoms with Crippen LogP contribution in [0, 0.1) is 0 Å². The van der Waals surface area contributed by atoms with Crippen molar-refractivity contribution in [2.75, 3.05) is 19.0 Å². The highest BCUT2D eigenvalue weighted by Gasteiger charge is 2.09. The molecule has 0 spiro atoms. The van der Waals surface area contributed by atoms with Gasteiger partial charge in [0, 0.05) is 29.8 Å². The first-order valence-corrected chi connectivity index (χ1v) is 9.88. The lowest BCUT2D eigenvalue weighted by atomic mass is 10.1. The Bertz CT molecular complexity index is 1130. The highest BCUT2D eigenvalue weighted by molar-refractivity contribution is 9.10. The van der Waals surface area contributed by atoms with Gasteiger partial charge in [0.15, 0.2) is 0 Å². The van der Waals surface area contributed by atoms with E-state index in [-0.39, 0.29) is 0 Å². The number of nitrogens with zero attached hydrogens (tertiary/aromatic N) is 3. The van der Waals surface area contributed by atoms with Gasteiger partial charge in [-0.25, -0.2) is 9.97 Å². The summed E-state index contributed by atoms with van der Waals surface area (Å²) in [5.41, 5.74) is 6.86. The SMILES string of the molecule is CN(C)c1ccc(/C=C/c2nc3cc(Br)ccc3nc2-c2ccccc2)cc1. The molecule has 0 atom stereocenters. The predicted molar refractivity (Wildman–Crippen MR) is 122 cm³/mol. The zero-order valence-electron chi connectivity index (χ0n) is 15.8. The topological polar surface area (TPSA) is 29.0 Å². The van der Waals surface area contributed by atoms with Gasteiger partial charge in [0.05, 0.1) is 22.4 Å². The second-order valence-corrected chi connectivity index (χ2v) is 7.69. The molecular formula is C24H20BrN3. The van der Waals surface area contributed by atoms with Crippen molar-refractivity contribution in [2.45, 2.75) is 0 Å². The van der Waals surface area contributed by atoms with E-state index in [1.807, 2.05) is 56.6 Å². The van der Waals surface area contributed by atoms with Crippen LogP contribution in [0.1, 0.15) is 11.3 Å². The Labute approximate surface area is 173 Å². The molecule has 4 rings (SSSR count). The summed E-state index contributed by atoms with van der Waals surface area (Å²) < 4.78 is 0.996. The van der Waals surface area contributed by atoms with Gasteiger partial charge in [0.25, 0.3) is 0 Å². The summed E-state index contributed by atoms with van der Waals surface area (Å²) in [4.78, 5) is 11.9.